The molecule has 29 heavy (non-hydrogen) atoms. The van der Waals surface area contributed by atoms with Gasteiger partial charge in [-0.05, 0) is 42.3 Å². The van der Waals surface area contributed by atoms with E-state index >= 15 is 0 Å². The van der Waals surface area contributed by atoms with Crippen LogP contribution in [0.15, 0.2) is 84.9 Å². The lowest BCUT2D eigenvalue weighted by atomic mass is 9.95. The summed E-state index contributed by atoms with van der Waals surface area (Å²) in [5.41, 5.74) is 5.56. The molecule has 0 saturated heterocycles. The van der Waals surface area contributed by atoms with Gasteiger partial charge in [0.05, 0.1) is 5.03 Å². The average molecular weight is 405 g/mol. The van der Waals surface area contributed by atoms with Gasteiger partial charge in [-0.3, -0.25) is 0 Å². The molecule has 2 nitrogen and oxygen atoms in total. The molecule has 0 aliphatic heterocycles. The monoisotopic (exact) mass is 404 g/mol. The van der Waals surface area contributed by atoms with Gasteiger partial charge in [-0.1, -0.05) is 91.3 Å². The molecule has 0 unspecified atom stereocenters. The molecule has 0 bridgehead atoms. The molecule has 3 heteroatoms. The molecule has 3 aromatic carbocycles. The summed E-state index contributed by atoms with van der Waals surface area (Å²) < 4.78 is 0. The van der Waals surface area contributed by atoms with Crippen molar-refractivity contribution in [2.24, 2.45) is 0 Å². The minimum atomic E-state index is 0.768. The van der Waals surface area contributed by atoms with Gasteiger partial charge in [0.15, 0.2) is 0 Å². The fraction of sp³-hybridized carbons (Fsp3) is 0.231. The van der Waals surface area contributed by atoms with E-state index in [0.717, 1.165) is 53.5 Å². The van der Waals surface area contributed by atoms with Crippen molar-refractivity contribution >= 4 is 27.9 Å². The molecule has 0 amide bonds. The van der Waals surface area contributed by atoms with Crippen LogP contribution in [0.3, 0.4) is 0 Å². The van der Waals surface area contributed by atoms with Crippen LogP contribution in [-0.2, 0) is 0 Å². The molecule has 3 aromatic rings. The number of nitrogens with one attached hydrogen (secondary N) is 1. The first-order valence-electron chi connectivity index (χ1n) is 10.3. The van der Waals surface area contributed by atoms with Gasteiger partial charge in [0, 0.05) is 30.9 Å². The van der Waals surface area contributed by atoms with Gasteiger partial charge in [0.25, 0.3) is 0 Å². The number of hydrogen-bond donors (Lipinski definition) is 1. The zero-order chi connectivity index (χ0) is 20.5. The molecule has 0 aromatic heterocycles. The first kappa shape index (κ1) is 21.2. The first-order valence-corrected chi connectivity index (χ1v) is 10.7. The third-order valence-corrected chi connectivity index (χ3v) is 5.43. The quantitative estimate of drug-likeness (QED) is 0.333. The van der Waals surface area contributed by atoms with E-state index in [0.29, 0.717) is 0 Å². The van der Waals surface area contributed by atoms with Crippen molar-refractivity contribution in [3.63, 3.8) is 0 Å². The van der Waals surface area contributed by atoms with Crippen LogP contribution in [-0.4, -0.2) is 26.2 Å². The van der Waals surface area contributed by atoms with Crippen LogP contribution >= 0.6 is 11.6 Å². The van der Waals surface area contributed by atoms with E-state index in [9.17, 15) is 0 Å². The van der Waals surface area contributed by atoms with Crippen molar-refractivity contribution < 1.29 is 0 Å². The van der Waals surface area contributed by atoms with Gasteiger partial charge in [0.2, 0.25) is 0 Å². The number of halogens is 1. The number of anilines is 1. The summed E-state index contributed by atoms with van der Waals surface area (Å²) in [5.74, 6) is 0. The van der Waals surface area contributed by atoms with E-state index in [1.54, 1.807) is 0 Å². The van der Waals surface area contributed by atoms with E-state index < -0.39 is 0 Å². The summed E-state index contributed by atoms with van der Waals surface area (Å²) in [6.07, 6.45) is 0. The van der Waals surface area contributed by atoms with Gasteiger partial charge in [-0.15, -0.1) is 0 Å². The minimum Gasteiger partial charge on any atom is -0.371 e. The Balaban J connectivity index is 1.97. The van der Waals surface area contributed by atoms with Crippen molar-refractivity contribution in [1.82, 2.24) is 5.32 Å². The number of hydrogen-bond acceptors (Lipinski definition) is 2. The molecule has 150 valence electrons. The predicted octanol–water partition coefficient (Wildman–Crippen LogP) is 6.28. The minimum absolute atomic E-state index is 0.768. The summed E-state index contributed by atoms with van der Waals surface area (Å²) in [7, 11) is 0. The summed E-state index contributed by atoms with van der Waals surface area (Å²) in [6.45, 7) is 8.30. The molecular formula is C26H29ClN2. The van der Waals surface area contributed by atoms with E-state index in [-0.39, 0.29) is 0 Å². The standard InChI is InChI=1S/C26H29ClN2/c1-3-28-19-20-29(4-2)24-17-15-22(16-18-24)25(21-11-7-5-8-12-21)26(27)23-13-9-6-10-14-23/h5-18,28H,3-4,19-20H2,1-2H3/b26-25-. The third kappa shape index (κ3) is 5.50. The molecule has 3 rings (SSSR count). The highest BCUT2D eigenvalue weighted by Gasteiger charge is 2.13. The van der Waals surface area contributed by atoms with Crippen LogP contribution in [0, 0.1) is 0 Å². The summed E-state index contributed by atoms with van der Waals surface area (Å²) in [5, 5.41) is 4.17. The van der Waals surface area contributed by atoms with Gasteiger partial charge < -0.3 is 10.2 Å². The lowest BCUT2D eigenvalue weighted by Crippen LogP contribution is -2.31. The van der Waals surface area contributed by atoms with E-state index in [2.05, 4.69) is 84.7 Å². The van der Waals surface area contributed by atoms with Crippen LogP contribution in [0.2, 0.25) is 0 Å². The Bertz CT molecular complexity index is 902. The Morgan fingerprint density at radius 1 is 0.759 bits per heavy atom. The largest absolute Gasteiger partial charge is 0.371 e. The number of rotatable bonds is 9. The Kier molecular flexibility index (Phi) is 7.92. The summed E-state index contributed by atoms with van der Waals surface area (Å²) in [6, 6.07) is 29.3. The maximum absolute atomic E-state index is 6.92. The SMILES string of the molecule is CCNCCN(CC)c1ccc(/C(=C(\Cl)c2ccccc2)c2ccccc2)cc1. The smallest absolute Gasteiger partial charge is 0.0562 e. The predicted molar refractivity (Wildman–Crippen MR) is 128 cm³/mol. The maximum Gasteiger partial charge on any atom is 0.0562 e. The molecule has 0 atom stereocenters. The Hall–Kier alpha value is -2.55. The van der Waals surface area contributed by atoms with E-state index in [1.165, 1.54) is 5.69 Å². The number of likely N-dealkylation sites (N-methyl/N-ethyl adjacent to an activating group) is 2. The molecule has 0 saturated carbocycles. The van der Waals surface area contributed by atoms with Gasteiger partial charge in [-0.25, -0.2) is 0 Å². The first-order chi connectivity index (χ1) is 14.2. The maximum atomic E-state index is 6.92. The fourth-order valence-corrected chi connectivity index (χ4v) is 3.80. The molecular weight excluding hydrogens is 376 g/mol. The lowest BCUT2D eigenvalue weighted by molar-refractivity contribution is 0.688. The molecule has 0 aliphatic carbocycles. The molecule has 0 spiro atoms. The third-order valence-electron chi connectivity index (χ3n) is 5.02. The van der Waals surface area contributed by atoms with Crippen LogP contribution in [0.25, 0.3) is 10.6 Å². The molecule has 1 N–H and O–H groups in total. The number of nitrogens with zero attached hydrogens (tertiary/aromatic N) is 1. The lowest BCUT2D eigenvalue weighted by Gasteiger charge is -2.24. The van der Waals surface area contributed by atoms with Crippen LogP contribution in [0.1, 0.15) is 30.5 Å². The zero-order valence-corrected chi connectivity index (χ0v) is 18.0. The second kappa shape index (κ2) is 10.8. The van der Waals surface area contributed by atoms with Crippen LogP contribution < -0.4 is 10.2 Å². The normalized spacial score (nSPS) is 11.8. The van der Waals surface area contributed by atoms with Crippen molar-refractivity contribution in [2.45, 2.75) is 13.8 Å². The van der Waals surface area contributed by atoms with Gasteiger partial charge >= 0.3 is 0 Å². The topological polar surface area (TPSA) is 15.3 Å². The van der Waals surface area contributed by atoms with Crippen LogP contribution in [0.4, 0.5) is 5.69 Å². The Morgan fingerprint density at radius 2 is 1.31 bits per heavy atom. The van der Waals surface area contributed by atoms with Crippen LogP contribution in [0.5, 0.6) is 0 Å². The van der Waals surface area contributed by atoms with Crippen molar-refractivity contribution in [3.05, 3.63) is 102 Å². The zero-order valence-electron chi connectivity index (χ0n) is 17.2. The van der Waals surface area contributed by atoms with Gasteiger partial charge in [-0.2, -0.15) is 0 Å². The highest BCUT2D eigenvalue weighted by Crippen LogP contribution is 2.35. The Morgan fingerprint density at radius 3 is 1.86 bits per heavy atom. The second-order valence-electron chi connectivity index (χ2n) is 6.90. The van der Waals surface area contributed by atoms with Gasteiger partial charge in [0.1, 0.15) is 0 Å². The summed E-state index contributed by atoms with van der Waals surface area (Å²) >= 11 is 6.92. The van der Waals surface area contributed by atoms with E-state index in [1.807, 2.05) is 24.3 Å². The average Bonchev–Trinajstić information content (AvgIpc) is 2.79. The second-order valence-corrected chi connectivity index (χ2v) is 7.28. The van der Waals surface area contributed by atoms with Crippen molar-refractivity contribution in [2.75, 3.05) is 31.1 Å². The fourth-order valence-electron chi connectivity index (χ4n) is 3.45. The molecule has 0 fully saturated rings. The molecule has 0 heterocycles. The molecule has 0 radical (unpaired) electrons. The molecule has 0 aliphatic rings. The summed E-state index contributed by atoms with van der Waals surface area (Å²) in [4.78, 5) is 2.39. The van der Waals surface area contributed by atoms with Crippen molar-refractivity contribution in [3.8, 4) is 0 Å². The van der Waals surface area contributed by atoms with E-state index in [4.69, 9.17) is 11.6 Å². The highest BCUT2D eigenvalue weighted by molar-refractivity contribution is 6.53. The number of benzene rings is 3. The highest BCUT2D eigenvalue weighted by atomic mass is 35.5. The van der Waals surface area contributed by atoms with Crippen molar-refractivity contribution in [1.29, 1.82) is 0 Å². The Labute approximate surface area is 179 Å².